The number of amides is 1. The molecule has 0 atom stereocenters. The van der Waals surface area contributed by atoms with Crippen molar-refractivity contribution in [3.63, 3.8) is 0 Å². The molecular formula is C26H23ClN2O3. The molecule has 3 aromatic rings. The zero-order valence-electron chi connectivity index (χ0n) is 18.1. The van der Waals surface area contributed by atoms with Crippen molar-refractivity contribution < 1.29 is 14.3 Å². The van der Waals surface area contributed by atoms with Gasteiger partial charge in [-0.15, -0.1) is 0 Å². The van der Waals surface area contributed by atoms with Crippen molar-refractivity contribution >= 4 is 34.8 Å². The number of allylic oxidation sites excluding steroid dienone is 1. The molecule has 0 aromatic heterocycles. The van der Waals surface area contributed by atoms with Crippen LogP contribution in [0.15, 0.2) is 60.7 Å². The molecule has 0 radical (unpaired) electrons. The van der Waals surface area contributed by atoms with Crippen molar-refractivity contribution in [3.8, 4) is 17.6 Å². The number of rotatable bonds is 7. The summed E-state index contributed by atoms with van der Waals surface area (Å²) in [6, 6.07) is 20.8. The summed E-state index contributed by atoms with van der Waals surface area (Å²) in [6.07, 6.45) is 1.73. The van der Waals surface area contributed by atoms with Crippen LogP contribution in [0.25, 0.3) is 11.6 Å². The van der Waals surface area contributed by atoms with E-state index in [2.05, 4.69) is 11.4 Å². The van der Waals surface area contributed by atoms with Gasteiger partial charge in [0.1, 0.15) is 0 Å². The number of nitriles is 1. The summed E-state index contributed by atoms with van der Waals surface area (Å²) in [4.78, 5) is 12.2. The lowest BCUT2D eigenvalue weighted by atomic mass is 10.0. The molecule has 0 unspecified atom stereocenters. The Bertz CT molecular complexity index is 1180. The molecule has 0 saturated heterocycles. The van der Waals surface area contributed by atoms with Crippen LogP contribution in [0.2, 0.25) is 5.02 Å². The number of methoxy groups -OCH3 is 1. The second kappa shape index (κ2) is 10.5. The lowest BCUT2D eigenvalue weighted by Crippen LogP contribution is -2.20. The molecule has 1 N–H and O–H groups in total. The summed E-state index contributed by atoms with van der Waals surface area (Å²) >= 11 is 6.42. The Morgan fingerprint density at radius 3 is 2.28 bits per heavy atom. The maximum absolute atomic E-state index is 12.2. The van der Waals surface area contributed by atoms with Gasteiger partial charge in [0.15, 0.2) is 18.1 Å². The van der Waals surface area contributed by atoms with E-state index in [-0.39, 0.29) is 23.3 Å². The maximum Gasteiger partial charge on any atom is 0.262 e. The highest BCUT2D eigenvalue weighted by atomic mass is 35.5. The average molecular weight is 447 g/mol. The fraction of sp³-hybridized carbons (Fsp3) is 0.154. The second-order valence-corrected chi connectivity index (χ2v) is 7.68. The zero-order chi connectivity index (χ0) is 23.1. The van der Waals surface area contributed by atoms with Gasteiger partial charge in [-0.3, -0.25) is 4.79 Å². The third-order valence-electron chi connectivity index (χ3n) is 4.73. The molecule has 0 saturated carbocycles. The predicted octanol–water partition coefficient (Wildman–Crippen LogP) is 6.05. The van der Waals surface area contributed by atoms with Crippen LogP contribution in [-0.2, 0) is 4.79 Å². The first-order chi connectivity index (χ1) is 15.4. The fourth-order valence-electron chi connectivity index (χ4n) is 3.01. The van der Waals surface area contributed by atoms with Gasteiger partial charge < -0.3 is 14.8 Å². The number of ether oxygens (including phenoxy) is 2. The van der Waals surface area contributed by atoms with Crippen LogP contribution >= 0.6 is 11.6 Å². The van der Waals surface area contributed by atoms with Crippen LogP contribution in [0.4, 0.5) is 5.69 Å². The number of nitrogens with one attached hydrogen (secondary N) is 1. The molecule has 162 valence electrons. The highest BCUT2D eigenvalue weighted by molar-refractivity contribution is 6.32. The number of aryl methyl sites for hydroxylation is 2. The molecule has 0 fully saturated rings. The summed E-state index contributed by atoms with van der Waals surface area (Å²) in [7, 11) is 1.49. The molecule has 0 aliphatic heterocycles. The Hall–Kier alpha value is -3.75. The molecule has 3 aromatic carbocycles. The van der Waals surface area contributed by atoms with Crippen molar-refractivity contribution in [1.82, 2.24) is 0 Å². The van der Waals surface area contributed by atoms with Gasteiger partial charge in [0.25, 0.3) is 5.91 Å². The molecule has 3 rings (SSSR count). The number of hydrogen-bond donors (Lipinski definition) is 1. The molecule has 0 aliphatic rings. The van der Waals surface area contributed by atoms with Crippen LogP contribution in [0, 0.1) is 25.2 Å². The van der Waals surface area contributed by atoms with Gasteiger partial charge in [0.05, 0.1) is 23.8 Å². The number of hydrogen-bond acceptors (Lipinski definition) is 4. The summed E-state index contributed by atoms with van der Waals surface area (Å²) in [6.45, 7) is 3.73. The molecule has 5 nitrogen and oxygen atoms in total. The number of carbonyl (C=O) groups excluding carboxylic acids is 1. The first kappa shape index (κ1) is 22.9. The van der Waals surface area contributed by atoms with E-state index in [9.17, 15) is 10.1 Å². The molecule has 0 bridgehead atoms. The minimum atomic E-state index is -0.318. The monoisotopic (exact) mass is 446 g/mol. The molecular weight excluding hydrogens is 424 g/mol. The molecule has 1 amide bonds. The van der Waals surface area contributed by atoms with Crippen molar-refractivity contribution in [3.05, 3.63) is 87.9 Å². The quantitative estimate of drug-likeness (QED) is 0.354. The van der Waals surface area contributed by atoms with Gasteiger partial charge in [-0.2, -0.15) is 5.26 Å². The van der Waals surface area contributed by atoms with Crippen LogP contribution in [0.5, 0.6) is 11.5 Å². The lowest BCUT2D eigenvalue weighted by molar-refractivity contribution is -0.118. The van der Waals surface area contributed by atoms with Crippen molar-refractivity contribution in [2.24, 2.45) is 0 Å². The number of benzene rings is 3. The van der Waals surface area contributed by atoms with Crippen LogP contribution < -0.4 is 14.8 Å². The van der Waals surface area contributed by atoms with Gasteiger partial charge in [-0.1, -0.05) is 59.1 Å². The minimum absolute atomic E-state index is 0.230. The Morgan fingerprint density at radius 1 is 1.06 bits per heavy atom. The van der Waals surface area contributed by atoms with Crippen LogP contribution in [0.3, 0.4) is 0 Å². The topological polar surface area (TPSA) is 71.3 Å². The smallest absolute Gasteiger partial charge is 0.262 e. The highest BCUT2D eigenvalue weighted by Gasteiger charge is 2.14. The molecule has 6 heteroatoms. The second-order valence-electron chi connectivity index (χ2n) is 7.27. The van der Waals surface area contributed by atoms with E-state index >= 15 is 0 Å². The van der Waals surface area contributed by atoms with E-state index in [4.69, 9.17) is 21.1 Å². The van der Waals surface area contributed by atoms with E-state index in [0.717, 1.165) is 16.7 Å². The van der Waals surface area contributed by atoms with Gasteiger partial charge in [0.2, 0.25) is 0 Å². The molecule has 32 heavy (non-hydrogen) atoms. The fourth-order valence-corrected chi connectivity index (χ4v) is 3.29. The standard InChI is InChI=1S/C26H23ClN2O3/c1-17-4-8-20(9-5-17)21(15-28)12-19-13-23(27)26(24(14-19)31-3)32-16-25(30)29-22-10-6-18(2)7-11-22/h4-14H,16H2,1-3H3,(H,29,30)/b21-12-. The largest absolute Gasteiger partial charge is 0.493 e. The first-order valence-corrected chi connectivity index (χ1v) is 10.3. The number of halogens is 1. The van der Waals surface area contributed by atoms with E-state index in [1.165, 1.54) is 7.11 Å². The molecule has 0 aliphatic carbocycles. The third-order valence-corrected chi connectivity index (χ3v) is 5.01. The van der Waals surface area contributed by atoms with Crippen molar-refractivity contribution in [1.29, 1.82) is 5.26 Å². The summed E-state index contributed by atoms with van der Waals surface area (Å²) < 4.78 is 11.1. The zero-order valence-corrected chi connectivity index (χ0v) is 18.9. The molecule has 0 spiro atoms. The summed E-state index contributed by atoms with van der Waals surface area (Å²) in [5.41, 5.74) is 4.88. The summed E-state index contributed by atoms with van der Waals surface area (Å²) in [5, 5.41) is 12.6. The van der Waals surface area contributed by atoms with E-state index < -0.39 is 0 Å². The third kappa shape index (κ3) is 5.90. The maximum atomic E-state index is 12.2. The Morgan fingerprint density at radius 2 is 1.69 bits per heavy atom. The lowest BCUT2D eigenvalue weighted by Gasteiger charge is -2.14. The number of carbonyl (C=O) groups is 1. The predicted molar refractivity (Wildman–Crippen MR) is 128 cm³/mol. The van der Waals surface area contributed by atoms with E-state index in [0.29, 0.717) is 22.6 Å². The van der Waals surface area contributed by atoms with Crippen LogP contribution in [0.1, 0.15) is 22.3 Å². The minimum Gasteiger partial charge on any atom is -0.493 e. The van der Waals surface area contributed by atoms with Gasteiger partial charge in [0, 0.05) is 5.69 Å². The van der Waals surface area contributed by atoms with Crippen molar-refractivity contribution in [2.75, 3.05) is 19.0 Å². The average Bonchev–Trinajstić information content (AvgIpc) is 2.78. The van der Waals surface area contributed by atoms with Gasteiger partial charge in [-0.05, 0) is 55.3 Å². The van der Waals surface area contributed by atoms with Crippen LogP contribution in [-0.4, -0.2) is 19.6 Å². The normalized spacial score (nSPS) is 10.9. The Kier molecular flexibility index (Phi) is 7.54. The number of nitrogens with zero attached hydrogens (tertiary/aromatic N) is 1. The van der Waals surface area contributed by atoms with E-state index in [1.54, 1.807) is 18.2 Å². The van der Waals surface area contributed by atoms with Gasteiger partial charge in [-0.25, -0.2) is 0 Å². The highest BCUT2D eigenvalue weighted by Crippen LogP contribution is 2.37. The van der Waals surface area contributed by atoms with E-state index in [1.807, 2.05) is 62.4 Å². The Labute approximate surface area is 192 Å². The number of anilines is 1. The summed E-state index contributed by atoms with van der Waals surface area (Å²) in [5.74, 6) is 0.314. The SMILES string of the molecule is COc1cc(/C=C(/C#N)c2ccc(C)cc2)cc(Cl)c1OCC(=O)Nc1ccc(C)cc1. The first-order valence-electron chi connectivity index (χ1n) is 9.95. The molecule has 0 heterocycles. The van der Waals surface area contributed by atoms with Gasteiger partial charge >= 0.3 is 0 Å². The van der Waals surface area contributed by atoms with Crippen molar-refractivity contribution in [2.45, 2.75) is 13.8 Å². The Balaban J connectivity index is 1.77.